The molecule has 1 N–H and O–H groups in total. The van der Waals surface area contributed by atoms with E-state index in [1.807, 2.05) is 12.1 Å². The van der Waals surface area contributed by atoms with Crippen LogP contribution in [0.25, 0.3) is 11.5 Å². The smallest absolute Gasteiger partial charge is 0.257 e. The second kappa shape index (κ2) is 9.43. The van der Waals surface area contributed by atoms with Gasteiger partial charge in [0.25, 0.3) is 11.8 Å². The molecule has 1 amide bonds. The van der Waals surface area contributed by atoms with E-state index in [1.54, 1.807) is 19.1 Å². The van der Waals surface area contributed by atoms with Crippen LogP contribution < -0.4 is 5.32 Å². The van der Waals surface area contributed by atoms with Crippen molar-refractivity contribution in [2.45, 2.75) is 40.3 Å². The number of amides is 1. The van der Waals surface area contributed by atoms with E-state index in [1.165, 1.54) is 25.1 Å². The maximum absolute atomic E-state index is 12.5. The van der Waals surface area contributed by atoms with Crippen molar-refractivity contribution in [3.8, 4) is 11.5 Å². The first-order valence-corrected chi connectivity index (χ1v) is 11.0. The summed E-state index contributed by atoms with van der Waals surface area (Å²) < 4.78 is 5.16. The van der Waals surface area contributed by atoms with Crippen molar-refractivity contribution < 1.29 is 9.32 Å². The summed E-state index contributed by atoms with van der Waals surface area (Å²) in [5, 5.41) is 6.78. The minimum atomic E-state index is -0.103. The molecule has 3 aromatic rings. The van der Waals surface area contributed by atoms with Gasteiger partial charge in [-0.3, -0.25) is 9.69 Å². The summed E-state index contributed by atoms with van der Waals surface area (Å²) in [4.78, 5) is 19.2. The topological polar surface area (TPSA) is 71.3 Å². The molecule has 0 radical (unpaired) electrons. The summed E-state index contributed by atoms with van der Waals surface area (Å²) in [5.74, 6) is 2.47. The molecule has 0 aliphatic carbocycles. The Morgan fingerprint density at radius 3 is 2.29 bits per heavy atom. The largest absolute Gasteiger partial charge is 0.348 e. The van der Waals surface area contributed by atoms with Crippen LogP contribution in [0, 0.1) is 18.8 Å². The van der Waals surface area contributed by atoms with E-state index in [0.29, 0.717) is 23.8 Å². The highest BCUT2D eigenvalue weighted by Gasteiger charge is 2.21. The Morgan fingerprint density at radius 1 is 1.03 bits per heavy atom. The van der Waals surface area contributed by atoms with Gasteiger partial charge >= 0.3 is 0 Å². The highest BCUT2D eigenvalue weighted by molar-refractivity contribution is 5.94. The zero-order valence-electron chi connectivity index (χ0n) is 18.5. The van der Waals surface area contributed by atoms with Gasteiger partial charge in [-0.05, 0) is 60.6 Å². The minimum Gasteiger partial charge on any atom is -0.348 e. The molecule has 1 saturated heterocycles. The van der Waals surface area contributed by atoms with Gasteiger partial charge < -0.3 is 9.84 Å². The van der Waals surface area contributed by atoms with Crippen molar-refractivity contribution in [1.82, 2.24) is 20.4 Å². The number of carbonyl (C=O) groups is 1. The van der Waals surface area contributed by atoms with Crippen LogP contribution >= 0.6 is 0 Å². The molecular weight excluding hydrogens is 388 g/mol. The van der Waals surface area contributed by atoms with Crippen LogP contribution in [0.3, 0.4) is 0 Å². The van der Waals surface area contributed by atoms with Crippen LogP contribution in [0.5, 0.6) is 0 Å². The lowest BCUT2D eigenvalue weighted by Gasteiger charge is -2.35. The van der Waals surface area contributed by atoms with Gasteiger partial charge in [-0.1, -0.05) is 43.3 Å². The van der Waals surface area contributed by atoms with E-state index in [4.69, 9.17) is 4.52 Å². The van der Waals surface area contributed by atoms with Gasteiger partial charge in [-0.15, -0.1) is 0 Å². The molecule has 1 aromatic heterocycles. The Kier molecular flexibility index (Phi) is 6.47. The zero-order chi connectivity index (χ0) is 21.8. The predicted molar refractivity (Wildman–Crippen MR) is 120 cm³/mol. The average molecular weight is 419 g/mol. The number of aromatic nitrogens is 2. The normalized spacial score (nSPS) is 19.3. The van der Waals surface area contributed by atoms with Crippen molar-refractivity contribution in [2.24, 2.45) is 11.8 Å². The predicted octanol–water partition coefficient (Wildman–Crippen LogP) is 4.45. The molecule has 1 aliphatic heterocycles. The lowest BCUT2D eigenvalue weighted by atomic mass is 9.91. The molecular formula is C25H30N4O2. The van der Waals surface area contributed by atoms with E-state index in [-0.39, 0.29) is 5.91 Å². The molecule has 0 saturated carbocycles. The number of hydrogen-bond donors (Lipinski definition) is 1. The highest BCUT2D eigenvalue weighted by Crippen LogP contribution is 2.22. The van der Waals surface area contributed by atoms with Gasteiger partial charge in [-0.2, -0.15) is 4.98 Å². The third-order valence-electron chi connectivity index (χ3n) is 5.75. The number of rotatable bonds is 6. The van der Waals surface area contributed by atoms with Crippen LogP contribution in [-0.4, -0.2) is 34.0 Å². The fourth-order valence-electron chi connectivity index (χ4n) is 4.40. The SMILES string of the molecule is Cc1noc(-c2ccc(C(=O)NCc3ccc(CN4CC(C)CC(C)C4)cc3)cc2)n1. The summed E-state index contributed by atoms with van der Waals surface area (Å²) in [6, 6.07) is 15.7. The van der Waals surface area contributed by atoms with Crippen LogP contribution in [0.2, 0.25) is 0 Å². The van der Waals surface area contributed by atoms with Crippen molar-refractivity contribution >= 4 is 5.91 Å². The summed E-state index contributed by atoms with van der Waals surface area (Å²) in [7, 11) is 0. The fourth-order valence-corrected chi connectivity index (χ4v) is 4.40. The number of piperidine rings is 1. The van der Waals surface area contributed by atoms with Crippen molar-refractivity contribution in [2.75, 3.05) is 13.1 Å². The summed E-state index contributed by atoms with van der Waals surface area (Å²) in [6.07, 6.45) is 1.33. The summed E-state index contributed by atoms with van der Waals surface area (Å²) in [5.41, 5.74) is 3.81. The summed E-state index contributed by atoms with van der Waals surface area (Å²) in [6.45, 7) is 10.3. The van der Waals surface area contributed by atoms with Crippen LogP contribution in [-0.2, 0) is 13.1 Å². The molecule has 1 aliphatic rings. The maximum Gasteiger partial charge on any atom is 0.257 e. The van der Waals surface area contributed by atoms with Crippen molar-refractivity contribution in [3.05, 3.63) is 71.0 Å². The molecule has 6 heteroatoms. The maximum atomic E-state index is 12.5. The third kappa shape index (κ3) is 5.58. The monoisotopic (exact) mass is 418 g/mol. The van der Waals surface area contributed by atoms with E-state index in [2.05, 4.69) is 58.5 Å². The van der Waals surface area contributed by atoms with Gasteiger partial charge in [-0.25, -0.2) is 0 Å². The Morgan fingerprint density at radius 2 is 1.68 bits per heavy atom. The number of likely N-dealkylation sites (tertiary alicyclic amines) is 1. The van der Waals surface area contributed by atoms with Gasteiger partial charge in [0, 0.05) is 37.3 Å². The molecule has 31 heavy (non-hydrogen) atoms. The standard InChI is InChI=1S/C25H30N4O2/c1-17-12-18(2)15-29(14-17)16-21-6-4-20(5-7-21)13-26-24(30)22-8-10-23(11-9-22)25-27-19(3)28-31-25/h4-11,17-18H,12-16H2,1-3H3,(H,26,30). The Balaban J connectivity index is 1.29. The molecule has 2 aromatic carbocycles. The van der Waals surface area contributed by atoms with Crippen LogP contribution in [0.1, 0.15) is 47.6 Å². The van der Waals surface area contributed by atoms with E-state index in [9.17, 15) is 4.79 Å². The first-order valence-electron chi connectivity index (χ1n) is 11.0. The second-order valence-electron chi connectivity index (χ2n) is 8.86. The van der Waals surface area contributed by atoms with E-state index < -0.39 is 0 Å². The van der Waals surface area contributed by atoms with Gasteiger partial charge in [0.1, 0.15) is 0 Å². The van der Waals surface area contributed by atoms with E-state index >= 15 is 0 Å². The molecule has 0 bridgehead atoms. The Hall–Kier alpha value is -2.99. The van der Waals surface area contributed by atoms with Gasteiger partial charge in [0.2, 0.25) is 0 Å². The first-order chi connectivity index (χ1) is 15.0. The number of aryl methyl sites for hydroxylation is 1. The van der Waals surface area contributed by atoms with Crippen LogP contribution in [0.4, 0.5) is 0 Å². The fraction of sp³-hybridized carbons (Fsp3) is 0.400. The first kappa shape index (κ1) is 21.2. The average Bonchev–Trinajstić information content (AvgIpc) is 3.19. The number of benzene rings is 2. The lowest BCUT2D eigenvalue weighted by Crippen LogP contribution is -2.38. The number of carbonyl (C=O) groups excluding carboxylic acids is 1. The molecule has 4 rings (SSSR count). The minimum absolute atomic E-state index is 0.103. The number of nitrogens with one attached hydrogen (secondary N) is 1. The molecule has 162 valence electrons. The van der Waals surface area contributed by atoms with Crippen molar-refractivity contribution in [3.63, 3.8) is 0 Å². The number of hydrogen-bond acceptors (Lipinski definition) is 5. The summed E-state index contributed by atoms with van der Waals surface area (Å²) >= 11 is 0. The number of nitrogens with zero attached hydrogens (tertiary/aromatic N) is 3. The van der Waals surface area contributed by atoms with Crippen molar-refractivity contribution in [1.29, 1.82) is 0 Å². The molecule has 6 nitrogen and oxygen atoms in total. The molecule has 2 unspecified atom stereocenters. The highest BCUT2D eigenvalue weighted by atomic mass is 16.5. The van der Waals surface area contributed by atoms with E-state index in [0.717, 1.165) is 29.5 Å². The molecule has 2 heterocycles. The third-order valence-corrected chi connectivity index (χ3v) is 5.75. The quantitative estimate of drug-likeness (QED) is 0.640. The van der Waals surface area contributed by atoms with Gasteiger partial charge in [0.15, 0.2) is 5.82 Å². The lowest BCUT2D eigenvalue weighted by molar-refractivity contribution is 0.0951. The molecule has 0 spiro atoms. The Labute approximate surface area is 183 Å². The zero-order valence-corrected chi connectivity index (χ0v) is 18.5. The Bertz CT molecular complexity index is 1000. The molecule has 1 fully saturated rings. The second-order valence-corrected chi connectivity index (χ2v) is 8.86. The van der Waals surface area contributed by atoms with Gasteiger partial charge in [0.05, 0.1) is 0 Å². The molecule has 2 atom stereocenters. The van der Waals surface area contributed by atoms with Crippen LogP contribution in [0.15, 0.2) is 53.1 Å².